The number of nitrogens with one attached hydrogen (secondary N) is 1. The van der Waals surface area contributed by atoms with Gasteiger partial charge in [0.05, 0.1) is 6.33 Å². The third-order valence-electron chi connectivity index (χ3n) is 3.28. The van der Waals surface area contributed by atoms with Gasteiger partial charge in [-0.3, -0.25) is 4.79 Å². The lowest BCUT2D eigenvalue weighted by atomic mass is 10.1. The quantitative estimate of drug-likeness (QED) is 0.862. The van der Waals surface area contributed by atoms with Crippen LogP contribution in [0, 0.1) is 0 Å². The summed E-state index contributed by atoms with van der Waals surface area (Å²) in [5.74, 6) is 0.273. The van der Waals surface area contributed by atoms with Crippen molar-refractivity contribution in [2.45, 2.75) is 45.3 Å². The molecule has 1 fully saturated rings. The van der Waals surface area contributed by atoms with E-state index in [2.05, 4.69) is 24.1 Å². The normalized spacial score (nSPS) is 24.2. The van der Waals surface area contributed by atoms with E-state index >= 15 is 0 Å². The summed E-state index contributed by atoms with van der Waals surface area (Å²) in [6, 6.07) is 0.790. The summed E-state index contributed by atoms with van der Waals surface area (Å²) in [7, 11) is 0. The number of rotatable bonds is 4. The minimum absolute atomic E-state index is 0.273. The molecule has 1 aliphatic rings. The first kappa shape index (κ1) is 13.1. The van der Waals surface area contributed by atoms with E-state index in [0.29, 0.717) is 18.5 Å². The second kappa shape index (κ2) is 6.00. The van der Waals surface area contributed by atoms with E-state index < -0.39 is 0 Å². The van der Waals surface area contributed by atoms with E-state index in [1.807, 2.05) is 15.7 Å². The third kappa shape index (κ3) is 3.57. The molecule has 1 aromatic rings. The molecule has 0 aliphatic carbocycles. The predicted molar refractivity (Wildman–Crippen MR) is 70.1 cm³/mol. The summed E-state index contributed by atoms with van der Waals surface area (Å²) in [4.78, 5) is 18.1. The number of nitrogens with zero attached hydrogens (tertiary/aromatic N) is 3. The minimum atomic E-state index is 0.273. The van der Waals surface area contributed by atoms with E-state index in [4.69, 9.17) is 0 Å². The SMILES string of the molecule is CC1CN(C(=O)CCCn2ccnc2)CC(C)N1. The fourth-order valence-electron chi connectivity index (χ4n) is 2.52. The maximum Gasteiger partial charge on any atom is 0.222 e. The lowest BCUT2D eigenvalue weighted by molar-refractivity contribution is -0.133. The second-order valence-corrected chi connectivity index (χ2v) is 5.17. The lowest BCUT2D eigenvalue weighted by Crippen LogP contribution is -2.55. The van der Waals surface area contributed by atoms with Crippen molar-refractivity contribution in [3.8, 4) is 0 Å². The lowest BCUT2D eigenvalue weighted by Gasteiger charge is -2.36. The van der Waals surface area contributed by atoms with Gasteiger partial charge < -0.3 is 14.8 Å². The first-order chi connectivity index (χ1) is 8.65. The van der Waals surface area contributed by atoms with Gasteiger partial charge in [0.1, 0.15) is 0 Å². The minimum Gasteiger partial charge on any atom is -0.340 e. The van der Waals surface area contributed by atoms with Crippen molar-refractivity contribution in [2.24, 2.45) is 0 Å². The summed E-state index contributed by atoms with van der Waals surface area (Å²) >= 11 is 0. The van der Waals surface area contributed by atoms with E-state index in [9.17, 15) is 4.79 Å². The van der Waals surface area contributed by atoms with Crippen LogP contribution in [0.25, 0.3) is 0 Å². The van der Waals surface area contributed by atoms with Crippen molar-refractivity contribution < 1.29 is 4.79 Å². The van der Waals surface area contributed by atoms with Gasteiger partial charge in [-0.05, 0) is 20.3 Å². The Labute approximate surface area is 108 Å². The van der Waals surface area contributed by atoms with Gasteiger partial charge in [0.15, 0.2) is 0 Å². The van der Waals surface area contributed by atoms with Crippen LogP contribution in [0.4, 0.5) is 0 Å². The van der Waals surface area contributed by atoms with Gasteiger partial charge in [0.25, 0.3) is 0 Å². The van der Waals surface area contributed by atoms with Crippen LogP contribution in [0.3, 0.4) is 0 Å². The molecule has 0 aromatic carbocycles. The second-order valence-electron chi connectivity index (χ2n) is 5.17. The van der Waals surface area contributed by atoms with E-state index in [1.54, 1.807) is 12.5 Å². The smallest absolute Gasteiger partial charge is 0.222 e. The first-order valence-electron chi connectivity index (χ1n) is 6.64. The Morgan fingerprint density at radius 3 is 2.72 bits per heavy atom. The number of carbonyl (C=O) groups excluding carboxylic acids is 1. The number of amides is 1. The van der Waals surface area contributed by atoms with Crippen molar-refractivity contribution in [1.82, 2.24) is 19.8 Å². The van der Waals surface area contributed by atoms with Gasteiger partial charge in [-0.1, -0.05) is 0 Å². The van der Waals surface area contributed by atoms with Gasteiger partial charge in [-0.2, -0.15) is 0 Å². The van der Waals surface area contributed by atoms with Crippen LogP contribution in [-0.4, -0.2) is 45.5 Å². The van der Waals surface area contributed by atoms with Crippen LogP contribution in [-0.2, 0) is 11.3 Å². The van der Waals surface area contributed by atoms with Gasteiger partial charge in [0.2, 0.25) is 5.91 Å². The van der Waals surface area contributed by atoms with Crippen molar-refractivity contribution in [2.75, 3.05) is 13.1 Å². The first-order valence-corrected chi connectivity index (χ1v) is 6.64. The maximum absolute atomic E-state index is 12.1. The van der Waals surface area contributed by atoms with Crippen molar-refractivity contribution >= 4 is 5.91 Å². The Kier molecular flexibility index (Phi) is 4.36. The van der Waals surface area contributed by atoms with Crippen LogP contribution in [0.2, 0.25) is 0 Å². The molecule has 5 nitrogen and oxygen atoms in total. The van der Waals surface area contributed by atoms with Crippen molar-refractivity contribution in [3.63, 3.8) is 0 Å². The average Bonchev–Trinajstić information content (AvgIpc) is 2.80. The standard InChI is InChI=1S/C13H22N4O/c1-11-8-17(9-12(2)15-11)13(18)4-3-6-16-7-5-14-10-16/h5,7,10-12,15H,3-4,6,8-9H2,1-2H3. The molecular weight excluding hydrogens is 228 g/mol. The highest BCUT2D eigenvalue weighted by Crippen LogP contribution is 2.07. The highest BCUT2D eigenvalue weighted by Gasteiger charge is 2.23. The number of imidazole rings is 1. The highest BCUT2D eigenvalue weighted by molar-refractivity contribution is 5.76. The summed E-state index contributed by atoms with van der Waals surface area (Å²) < 4.78 is 2.01. The topological polar surface area (TPSA) is 50.2 Å². The number of aromatic nitrogens is 2. The van der Waals surface area contributed by atoms with Crippen LogP contribution < -0.4 is 5.32 Å². The fourth-order valence-corrected chi connectivity index (χ4v) is 2.52. The number of hydrogen-bond acceptors (Lipinski definition) is 3. The molecule has 1 amide bonds. The number of piperazine rings is 1. The highest BCUT2D eigenvalue weighted by atomic mass is 16.2. The van der Waals surface area contributed by atoms with Gasteiger partial charge in [0, 0.05) is 50.5 Å². The Balaban J connectivity index is 1.74. The molecule has 2 rings (SSSR count). The molecule has 1 N–H and O–H groups in total. The summed E-state index contributed by atoms with van der Waals surface area (Å²) in [6.45, 7) is 6.77. The Hall–Kier alpha value is -1.36. The molecule has 2 unspecified atom stereocenters. The van der Waals surface area contributed by atoms with Crippen LogP contribution in [0.15, 0.2) is 18.7 Å². The van der Waals surface area contributed by atoms with Gasteiger partial charge in [-0.25, -0.2) is 4.98 Å². The van der Waals surface area contributed by atoms with Gasteiger partial charge >= 0.3 is 0 Å². The van der Waals surface area contributed by atoms with Crippen molar-refractivity contribution in [1.29, 1.82) is 0 Å². The Bertz CT molecular complexity index is 366. The van der Waals surface area contributed by atoms with E-state index in [-0.39, 0.29) is 5.91 Å². The Morgan fingerprint density at radius 2 is 2.11 bits per heavy atom. The summed E-state index contributed by atoms with van der Waals surface area (Å²) in [6.07, 6.45) is 6.99. The third-order valence-corrected chi connectivity index (χ3v) is 3.28. The molecule has 0 bridgehead atoms. The molecule has 0 spiro atoms. The number of hydrogen-bond donors (Lipinski definition) is 1. The van der Waals surface area contributed by atoms with Gasteiger partial charge in [-0.15, -0.1) is 0 Å². The van der Waals surface area contributed by atoms with Crippen molar-refractivity contribution in [3.05, 3.63) is 18.7 Å². The monoisotopic (exact) mass is 250 g/mol. The molecule has 5 heteroatoms. The zero-order valence-electron chi connectivity index (χ0n) is 11.2. The van der Waals surface area contributed by atoms with Crippen LogP contribution in [0.5, 0.6) is 0 Å². The van der Waals surface area contributed by atoms with E-state index in [0.717, 1.165) is 26.1 Å². The molecule has 0 radical (unpaired) electrons. The largest absolute Gasteiger partial charge is 0.340 e. The molecule has 1 aromatic heterocycles. The number of carbonyl (C=O) groups is 1. The molecule has 1 aliphatic heterocycles. The number of aryl methyl sites for hydroxylation is 1. The molecule has 1 saturated heterocycles. The molecule has 2 atom stereocenters. The van der Waals surface area contributed by atoms with E-state index in [1.165, 1.54) is 0 Å². The summed E-state index contributed by atoms with van der Waals surface area (Å²) in [5.41, 5.74) is 0. The van der Waals surface area contributed by atoms with Crippen LogP contribution in [0.1, 0.15) is 26.7 Å². The Morgan fingerprint density at radius 1 is 1.39 bits per heavy atom. The zero-order chi connectivity index (χ0) is 13.0. The summed E-state index contributed by atoms with van der Waals surface area (Å²) in [5, 5.41) is 3.44. The predicted octanol–water partition coefficient (Wildman–Crippen LogP) is 0.872. The molecular formula is C13H22N4O. The zero-order valence-corrected chi connectivity index (χ0v) is 11.2. The molecule has 18 heavy (non-hydrogen) atoms. The fraction of sp³-hybridized carbons (Fsp3) is 0.692. The molecule has 2 heterocycles. The molecule has 0 saturated carbocycles. The maximum atomic E-state index is 12.1. The van der Waals surface area contributed by atoms with Crippen LogP contribution >= 0.6 is 0 Å². The average molecular weight is 250 g/mol. The molecule has 100 valence electrons.